The fourth-order valence-corrected chi connectivity index (χ4v) is 2.99. The Hall–Kier alpha value is -2.26. The van der Waals surface area contributed by atoms with Gasteiger partial charge in [-0.1, -0.05) is 35.9 Å². The number of terminal acetylenes is 1. The zero-order valence-electron chi connectivity index (χ0n) is 12.9. The van der Waals surface area contributed by atoms with Gasteiger partial charge in [0.1, 0.15) is 5.82 Å². The van der Waals surface area contributed by atoms with E-state index in [4.69, 9.17) is 6.42 Å². The molecule has 5 nitrogen and oxygen atoms in total. The summed E-state index contributed by atoms with van der Waals surface area (Å²) in [5.74, 6) is 3.75. The van der Waals surface area contributed by atoms with Gasteiger partial charge in [0.2, 0.25) is 11.1 Å². The number of amides is 1. The molecule has 1 aromatic heterocycles. The van der Waals surface area contributed by atoms with Gasteiger partial charge in [0, 0.05) is 5.92 Å². The minimum absolute atomic E-state index is 0.100. The number of carbonyl (C=O) groups excluding carboxylic acids is 1. The summed E-state index contributed by atoms with van der Waals surface area (Å²) in [5, 5.41) is 7.61. The molecule has 1 fully saturated rings. The molecule has 118 valence electrons. The maximum Gasteiger partial charge on any atom is 0.234 e. The molecule has 1 heterocycles. The van der Waals surface area contributed by atoms with Crippen molar-refractivity contribution >= 4 is 17.7 Å². The summed E-state index contributed by atoms with van der Waals surface area (Å²) in [6, 6.07) is 9.97. The molecular weight excluding hydrogens is 308 g/mol. The van der Waals surface area contributed by atoms with Gasteiger partial charge in [0.25, 0.3) is 0 Å². The van der Waals surface area contributed by atoms with Gasteiger partial charge in [0.05, 0.1) is 17.5 Å². The first-order chi connectivity index (χ1) is 11.2. The van der Waals surface area contributed by atoms with E-state index in [1.54, 1.807) is 0 Å². The van der Waals surface area contributed by atoms with Crippen LogP contribution in [0.5, 0.6) is 0 Å². The number of aromatic nitrogens is 3. The van der Waals surface area contributed by atoms with Gasteiger partial charge in [-0.3, -0.25) is 4.79 Å². The Kier molecular flexibility index (Phi) is 4.68. The van der Waals surface area contributed by atoms with Crippen LogP contribution in [0.15, 0.2) is 35.5 Å². The molecule has 0 saturated heterocycles. The zero-order valence-corrected chi connectivity index (χ0v) is 13.7. The van der Waals surface area contributed by atoms with E-state index in [0.717, 1.165) is 24.4 Å². The van der Waals surface area contributed by atoms with E-state index >= 15 is 0 Å². The SMILES string of the molecule is C#CCNC(=O)C(C)Sc1nc(C2CC2)n(-c2ccccc2)n1. The predicted molar refractivity (Wildman–Crippen MR) is 90.5 cm³/mol. The number of carbonyl (C=O) groups is 1. The van der Waals surface area contributed by atoms with Crippen molar-refractivity contribution in [3.63, 3.8) is 0 Å². The van der Waals surface area contributed by atoms with Crippen LogP contribution in [0.25, 0.3) is 5.69 Å². The van der Waals surface area contributed by atoms with Crippen molar-refractivity contribution in [2.24, 2.45) is 0 Å². The van der Waals surface area contributed by atoms with Gasteiger partial charge in [-0.25, -0.2) is 9.67 Å². The van der Waals surface area contributed by atoms with E-state index in [9.17, 15) is 4.79 Å². The number of benzene rings is 1. The van der Waals surface area contributed by atoms with Crippen molar-refractivity contribution in [3.05, 3.63) is 36.2 Å². The average molecular weight is 326 g/mol. The monoisotopic (exact) mass is 326 g/mol. The second-order valence-electron chi connectivity index (χ2n) is 5.46. The van der Waals surface area contributed by atoms with Gasteiger partial charge in [-0.05, 0) is 31.9 Å². The molecular formula is C17H18N4OS. The molecule has 3 rings (SSSR count). The Morgan fingerprint density at radius 2 is 2.22 bits per heavy atom. The number of rotatable bonds is 6. The highest BCUT2D eigenvalue weighted by Gasteiger charge is 2.31. The van der Waals surface area contributed by atoms with Crippen LogP contribution in [0.3, 0.4) is 0 Å². The quantitative estimate of drug-likeness (QED) is 0.654. The fraction of sp³-hybridized carbons (Fsp3) is 0.353. The number of hydrogen-bond donors (Lipinski definition) is 1. The molecule has 0 bridgehead atoms. The standard InChI is InChI=1S/C17H18N4OS/c1-3-11-18-16(22)12(2)23-17-19-15(13-9-10-13)21(20-17)14-7-5-4-6-8-14/h1,4-8,12-13H,9-11H2,2H3,(H,18,22). The van der Waals surface area contributed by atoms with E-state index < -0.39 is 0 Å². The van der Waals surface area contributed by atoms with E-state index in [2.05, 4.69) is 21.3 Å². The molecule has 0 aliphatic heterocycles. The highest BCUT2D eigenvalue weighted by Crippen LogP contribution is 2.40. The van der Waals surface area contributed by atoms with Crippen LogP contribution < -0.4 is 5.32 Å². The Bertz CT molecular complexity index is 731. The lowest BCUT2D eigenvalue weighted by atomic mass is 10.3. The number of thioether (sulfide) groups is 1. The summed E-state index contributed by atoms with van der Waals surface area (Å²) in [6.07, 6.45) is 7.45. The van der Waals surface area contributed by atoms with E-state index in [1.807, 2.05) is 41.9 Å². The highest BCUT2D eigenvalue weighted by atomic mass is 32.2. The van der Waals surface area contributed by atoms with Crippen molar-refractivity contribution in [1.29, 1.82) is 0 Å². The van der Waals surface area contributed by atoms with Crippen LogP contribution in [-0.4, -0.2) is 32.5 Å². The molecule has 1 amide bonds. The van der Waals surface area contributed by atoms with Crippen molar-refractivity contribution in [3.8, 4) is 18.0 Å². The Morgan fingerprint density at radius 3 is 2.87 bits per heavy atom. The third-order valence-electron chi connectivity index (χ3n) is 3.57. The maximum atomic E-state index is 11.9. The van der Waals surface area contributed by atoms with Crippen molar-refractivity contribution < 1.29 is 4.79 Å². The Labute approximate surface area is 139 Å². The molecule has 1 aliphatic rings. The Morgan fingerprint density at radius 1 is 1.48 bits per heavy atom. The number of nitrogens with zero attached hydrogens (tertiary/aromatic N) is 3. The minimum Gasteiger partial charge on any atom is -0.344 e. The van der Waals surface area contributed by atoms with Crippen LogP contribution in [-0.2, 0) is 4.79 Å². The molecule has 1 aromatic carbocycles. The van der Waals surface area contributed by atoms with Crippen LogP contribution in [0.2, 0.25) is 0 Å². The topological polar surface area (TPSA) is 59.8 Å². The third kappa shape index (κ3) is 3.74. The summed E-state index contributed by atoms with van der Waals surface area (Å²) in [5.41, 5.74) is 0.998. The van der Waals surface area contributed by atoms with Crippen molar-refractivity contribution in [1.82, 2.24) is 20.1 Å². The largest absolute Gasteiger partial charge is 0.344 e. The average Bonchev–Trinajstić information content (AvgIpc) is 3.34. The minimum atomic E-state index is -0.290. The van der Waals surface area contributed by atoms with Crippen LogP contribution in [0.4, 0.5) is 0 Å². The molecule has 2 aromatic rings. The lowest BCUT2D eigenvalue weighted by Gasteiger charge is -2.07. The normalized spacial score (nSPS) is 15.0. The predicted octanol–water partition coefficient (Wildman–Crippen LogP) is 2.37. The molecule has 1 saturated carbocycles. The Balaban J connectivity index is 1.79. The van der Waals surface area contributed by atoms with Crippen LogP contribution >= 0.6 is 11.8 Å². The summed E-state index contributed by atoms with van der Waals surface area (Å²) in [6.45, 7) is 2.07. The summed E-state index contributed by atoms with van der Waals surface area (Å²) in [4.78, 5) is 16.6. The van der Waals surface area contributed by atoms with Gasteiger partial charge in [0.15, 0.2) is 0 Å². The van der Waals surface area contributed by atoms with Gasteiger partial charge in [-0.2, -0.15) is 0 Å². The van der Waals surface area contributed by atoms with Crippen molar-refractivity contribution in [2.75, 3.05) is 6.54 Å². The first-order valence-electron chi connectivity index (χ1n) is 7.59. The first-order valence-corrected chi connectivity index (χ1v) is 8.47. The van der Waals surface area contributed by atoms with E-state index in [1.165, 1.54) is 11.8 Å². The second kappa shape index (κ2) is 6.88. The molecule has 6 heteroatoms. The second-order valence-corrected chi connectivity index (χ2v) is 6.76. The van der Waals surface area contributed by atoms with Gasteiger partial charge >= 0.3 is 0 Å². The van der Waals surface area contributed by atoms with Crippen LogP contribution in [0.1, 0.15) is 31.5 Å². The third-order valence-corrected chi connectivity index (χ3v) is 4.52. The summed E-state index contributed by atoms with van der Waals surface area (Å²) < 4.78 is 1.89. The molecule has 0 radical (unpaired) electrons. The summed E-state index contributed by atoms with van der Waals surface area (Å²) in [7, 11) is 0. The van der Waals surface area contributed by atoms with Gasteiger partial charge in [-0.15, -0.1) is 11.5 Å². The molecule has 0 spiro atoms. The van der Waals surface area contributed by atoms with E-state index in [0.29, 0.717) is 11.1 Å². The molecule has 1 atom stereocenters. The van der Waals surface area contributed by atoms with Crippen molar-refractivity contribution in [2.45, 2.75) is 36.1 Å². The molecule has 23 heavy (non-hydrogen) atoms. The number of nitrogens with one attached hydrogen (secondary N) is 1. The van der Waals surface area contributed by atoms with E-state index in [-0.39, 0.29) is 17.7 Å². The maximum absolute atomic E-state index is 11.9. The van der Waals surface area contributed by atoms with Gasteiger partial charge < -0.3 is 5.32 Å². The van der Waals surface area contributed by atoms with Crippen LogP contribution in [0, 0.1) is 12.3 Å². The lowest BCUT2D eigenvalue weighted by molar-refractivity contribution is -0.120. The molecule has 1 aliphatic carbocycles. The number of para-hydroxylation sites is 1. The fourth-order valence-electron chi connectivity index (χ4n) is 2.21. The molecule has 1 unspecified atom stereocenters. The number of hydrogen-bond acceptors (Lipinski definition) is 4. The smallest absolute Gasteiger partial charge is 0.234 e. The lowest BCUT2D eigenvalue weighted by Crippen LogP contribution is -2.31. The first kappa shape index (κ1) is 15.6. The summed E-state index contributed by atoms with van der Waals surface area (Å²) >= 11 is 1.35. The highest BCUT2D eigenvalue weighted by molar-refractivity contribution is 8.00. The zero-order chi connectivity index (χ0) is 16.2. The molecule has 1 N–H and O–H groups in total.